The van der Waals surface area contributed by atoms with Gasteiger partial charge in [-0.3, -0.25) is 19.3 Å². The summed E-state index contributed by atoms with van der Waals surface area (Å²) >= 11 is 9.41. The Morgan fingerprint density at radius 1 is 1.06 bits per heavy atom. The number of rotatable bonds is 7. The van der Waals surface area contributed by atoms with E-state index in [0.29, 0.717) is 23.6 Å². The lowest BCUT2D eigenvalue weighted by atomic mass is 9.85. The Morgan fingerprint density at radius 2 is 1.71 bits per heavy atom. The maximum absolute atomic E-state index is 13.1. The monoisotopic (exact) mass is 544 g/mol. The van der Waals surface area contributed by atoms with E-state index >= 15 is 0 Å². The normalized spacial score (nSPS) is 20.1. The molecule has 1 aliphatic carbocycles. The first kappa shape index (κ1) is 24.2. The van der Waals surface area contributed by atoms with Crippen LogP contribution in [0, 0.1) is 11.8 Å². The van der Waals surface area contributed by atoms with Gasteiger partial charge in [0.25, 0.3) is 5.91 Å². The highest BCUT2D eigenvalue weighted by Crippen LogP contribution is 2.37. The van der Waals surface area contributed by atoms with Crippen molar-refractivity contribution in [1.82, 2.24) is 4.90 Å². The van der Waals surface area contributed by atoms with Crippen LogP contribution in [0.4, 0.5) is 5.69 Å². The number of anilines is 1. The molecule has 1 saturated heterocycles. The molecular formula is C25H22BrClN2O5. The van der Waals surface area contributed by atoms with E-state index in [9.17, 15) is 19.2 Å². The molecule has 0 aromatic heterocycles. The largest absolute Gasteiger partial charge is 0.454 e. The lowest BCUT2D eigenvalue weighted by Gasteiger charge is -2.25. The van der Waals surface area contributed by atoms with Gasteiger partial charge in [0.05, 0.1) is 22.5 Å². The maximum Gasteiger partial charge on any atom is 0.330 e. The number of esters is 1. The lowest BCUT2D eigenvalue weighted by Crippen LogP contribution is -2.48. The van der Waals surface area contributed by atoms with Crippen molar-refractivity contribution in [2.24, 2.45) is 11.8 Å². The molecule has 7 nitrogen and oxygen atoms in total. The van der Waals surface area contributed by atoms with Crippen LogP contribution >= 0.6 is 27.5 Å². The number of likely N-dealkylation sites (tertiary alicyclic amines) is 1. The topological polar surface area (TPSA) is 92.8 Å². The van der Waals surface area contributed by atoms with E-state index in [2.05, 4.69) is 21.2 Å². The summed E-state index contributed by atoms with van der Waals surface area (Å²) in [5, 5.41) is 2.90. The zero-order valence-corrected chi connectivity index (χ0v) is 20.4. The number of hydrogen-bond donors (Lipinski definition) is 1. The summed E-state index contributed by atoms with van der Waals surface area (Å²) in [7, 11) is 0. The van der Waals surface area contributed by atoms with Gasteiger partial charge in [-0.25, -0.2) is 4.79 Å². The Hall–Kier alpha value is -2.97. The van der Waals surface area contributed by atoms with Gasteiger partial charge in [0, 0.05) is 10.9 Å². The smallest absolute Gasteiger partial charge is 0.330 e. The molecule has 4 rings (SSSR count). The fourth-order valence-corrected chi connectivity index (χ4v) is 4.98. The molecule has 0 saturated carbocycles. The maximum atomic E-state index is 13.1. The number of nitrogens with zero attached hydrogens (tertiary/aromatic N) is 1. The van der Waals surface area contributed by atoms with Crippen LogP contribution in [0.25, 0.3) is 0 Å². The van der Waals surface area contributed by atoms with Crippen LogP contribution in [-0.4, -0.2) is 41.2 Å². The Balaban J connectivity index is 1.48. The average Bonchev–Trinajstić information content (AvgIpc) is 3.08. The number of amides is 3. The first-order valence-corrected chi connectivity index (χ1v) is 12.0. The summed E-state index contributed by atoms with van der Waals surface area (Å²) in [5.74, 6) is -3.08. The number of ether oxygens (including phenoxy) is 1. The molecular weight excluding hydrogens is 524 g/mol. The first-order chi connectivity index (χ1) is 16.3. The Bertz CT molecular complexity index is 1130. The van der Waals surface area contributed by atoms with Crippen molar-refractivity contribution in [3.05, 3.63) is 75.7 Å². The van der Waals surface area contributed by atoms with Crippen LogP contribution in [-0.2, 0) is 30.3 Å². The number of carbonyl (C=O) groups excluding carboxylic acids is 4. The van der Waals surface area contributed by atoms with Gasteiger partial charge in [0.1, 0.15) is 6.04 Å². The van der Waals surface area contributed by atoms with Crippen LogP contribution in [0.3, 0.4) is 0 Å². The molecule has 2 aromatic rings. The number of benzene rings is 2. The van der Waals surface area contributed by atoms with Crippen molar-refractivity contribution in [1.29, 1.82) is 0 Å². The number of imide groups is 1. The molecule has 34 heavy (non-hydrogen) atoms. The van der Waals surface area contributed by atoms with Crippen molar-refractivity contribution in [3.8, 4) is 0 Å². The zero-order chi connectivity index (χ0) is 24.2. The molecule has 1 heterocycles. The van der Waals surface area contributed by atoms with Gasteiger partial charge in [-0.05, 0) is 36.6 Å². The summed E-state index contributed by atoms with van der Waals surface area (Å²) in [6.07, 6.45) is 4.81. The molecule has 1 fully saturated rings. The first-order valence-electron chi connectivity index (χ1n) is 10.8. The Morgan fingerprint density at radius 3 is 2.32 bits per heavy atom. The van der Waals surface area contributed by atoms with Gasteiger partial charge in [-0.2, -0.15) is 0 Å². The fourth-order valence-electron chi connectivity index (χ4n) is 4.26. The molecule has 0 bridgehead atoms. The Labute approximate surface area is 210 Å². The van der Waals surface area contributed by atoms with Gasteiger partial charge in [-0.15, -0.1) is 0 Å². The SMILES string of the molecule is O=C(COC(=O)[C@H](Cc1ccccc1)N1C(=O)[C@H]2CC=CC[C@@H]2C1=O)Nc1ccc(Br)cc1Cl. The van der Waals surface area contributed by atoms with Gasteiger partial charge in [0.2, 0.25) is 11.8 Å². The molecule has 0 unspecified atom stereocenters. The summed E-state index contributed by atoms with van der Waals surface area (Å²) in [6.45, 7) is -0.582. The molecule has 176 valence electrons. The predicted octanol–water partition coefficient (Wildman–Crippen LogP) is 4.15. The van der Waals surface area contributed by atoms with Crippen molar-refractivity contribution in [2.75, 3.05) is 11.9 Å². The van der Waals surface area contributed by atoms with Crippen molar-refractivity contribution in [2.45, 2.75) is 25.3 Å². The number of carbonyl (C=O) groups is 4. The van der Waals surface area contributed by atoms with E-state index in [1.54, 1.807) is 18.2 Å². The minimum Gasteiger partial charge on any atom is -0.454 e. The van der Waals surface area contributed by atoms with E-state index in [-0.39, 0.29) is 18.2 Å². The zero-order valence-electron chi connectivity index (χ0n) is 18.1. The third kappa shape index (κ3) is 5.23. The third-order valence-electron chi connectivity index (χ3n) is 5.95. The lowest BCUT2D eigenvalue weighted by molar-refractivity contribution is -0.159. The van der Waals surface area contributed by atoms with Gasteiger partial charge < -0.3 is 10.1 Å². The molecule has 9 heteroatoms. The average molecular weight is 546 g/mol. The van der Waals surface area contributed by atoms with Crippen LogP contribution < -0.4 is 5.32 Å². The fraction of sp³-hybridized carbons (Fsp3) is 0.280. The van der Waals surface area contributed by atoms with Crippen LogP contribution in [0.15, 0.2) is 65.2 Å². The molecule has 2 aromatic carbocycles. The minimum atomic E-state index is -1.16. The van der Waals surface area contributed by atoms with E-state index in [4.69, 9.17) is 16.3 Å². The number of fused-ring (bicyclic) bond motifs is 1. The predicted molar refractivity (Wildman–Crippen MR) is 130 cm³/mol. The number of nitrogens with one attached hydrogen (secondary N) is 1. The third-order valence-corrected chi connectivity index (χ3v) is 6.75. The molecule has 3 amide bonds. The van der Waals surface area contributed by atoms with E-state index in [1.165, 1.54) is 0 Å². The van der Waals surface area contributed by atoms with E-state index in [0.717, 1.165) is 14.9 Å². The Kier molecular flexibility index (Phi) is 7.48. The van der Waals surface area contributed by atoms with Gasteiger partial charge in [-0.1, -0.05) is 70.0 Å². The summed E-state index contributed by atoms with van der Waals surface area (Å²) in [5.41, 5.74) is 1.14. The second kappa shape index (κ2) is 10.5. The second-order valence-corrected chi connectivity index (χ2v) is 9.51. The highest BCUT2D eigenvalue weighted by molar-refractivity contribution is 9.10. The van der Waals surface area contributed by atoms with E-state index < -0.39 is 36.4 Å². The highest BCUT2D eigenvalue weighted by Gasteiger charge is 2.51. The summed E-state index contributed by atoms with van der Waals surface area (Å²) in [4.78, 5) is 52.7. The second-order valence-electron chi connectivity index (χ2n) is 8.19. The van der Waals surface area contributed by atoms with Gasteiger partial charge >= 0.3 is 5.97 Å². The number of halogens is 2. The molecule has 2 aliphatic rings. The molecule has 3 atom stereocenters. The van der Waals surface area contributed by atoms with Crippen molar-refractivity contribution >= 4 is 56.9 Å². The standard InChI is InChI=1S/C25H22BrClN2O5/c26-16-10-11-20(19(27)13-16)28-22(30)14-34-25(33)21(12-15-6-2-1-3-7-15)29-23(31)17-8-4-5-9-18(17)24(29)32/h1-7,10-11,13,17-18,21H,8-9,12,14H2,(H,28,30)/t17-,18-,21-/m0/s1. The minimum absolute atomic E-state index is 0.101. The quantitative estimate of drug-likeness (QED) is 0.321. The van der Waals surface area contributed by atoms with Crippen LogP contribution in [0.5, 0.6) is 0 Å². The van der Waals surface area contributed by atoms with Gasteiger partial charge in [0.15, 0.2) is 6.61 Å². The van der Waals surface area contributed by atoms with Crippen LogP contribution in [0.1, 0.15) is 18.4 Å². The number of hydrogen-bond acceptors (Lipinski definition) is 5. The molecule has 0 spiro atoms. The highest BCUT2D eigenvalue weighted by atomic mass is 79.9. The summed E-state index contributed by atoms with van der Waals surface area (Å²) in [6, 6.07) is 12.9. The molecule has 1 aliphatic heterocycles. The number of allylic oxidation sites excluding steroid dienone is 2. The summed E-state index contributed by atoms with van der Waals surface area (Å²) < 4.78 is 6.02. The van der Waals surface area contributed by atoms with E-state index in [1.807, 2.05) is 42.5 Å². The van der Waals surface area contributed by atoms with Crippen molar-refractivity contribution < 1.29 is 23.9 Å². The van der Waals surface area contributed by atoms with Crippen molar-refractivity contribution in [3.63, 3.8) is 0 Å². The van der Waals surface area contributed by atoms with Crippen LogP contribution in [0.2, 0.25) is 5.02 Å². The molecule has 0 radical (unpaired) electrons. The molecule has 1 N–H and O–H groups in total.